The Labute approximate surface area is 88.2 Å². The topological polar surface area (TPSA) is 37.8 Å². The predicted molar refractivity (Wildman–Crippen MR) is 58.5 cm³/mol. The van der Waals surface area contributed by atoms with Gasteiger partial charge in [-0.15, -0.1) is 0 Å². The lowest BCUT2D eigenvalue weighted by molar-refractivity contribution is 0.808. The highest BCUT2D eigenvalue weighted by molar-refractivity contribution is 5.57. The van der Waals surface area contributed by atoms with Gasteiger partial charge in [-0.05, 0) is 18.1 Å². The molecule has 3 rings (SSSR count). The van der Waals surface area contributed by atoms with Gasteiger partial charge in [0.1, 0.15) is 6.33 Å². The number of para-hydroxylation sites is 1. The summed E-state index contributed by atoms with van der Waals surface area (Å²) < 4.78 is 0. The normalized spacial score (nSPS) is 18.3. The zero-order valence-electron chi connectivity index (χ0n) is 8.22. The Bertz CT molecular complexity index is 442. The van der Waals surface area contributed by atoms with Crippen LogP contribution in [0, 0.1) is 0 Å². The summed E-state index contributed by atoms with van der Waals surface area (Å²) in [6, 6.07) is 8.72. The number of hydrogen-bond acceptors (Lipinski definition) is 3. The van der Waals surface area contributed by atoms with Crippen LogP contribution in [0.15, 0.2) is 43.0 Å². The summed E-state index contributed by atoms with van der Waals surface area (Å²) in [6.45, 7) is 0. The van der Waals surface area contributed by atoms with Gasteiger partial charge in [-0.25, -0.2) is 9.97 Å². The second-order valence-corrected chi connectivity index (χ2v) is 3.73. The summed E-state index contributed by atoms with van der Waals surface area (Å²) in [5.74, 6) is 0. The Morgan fingerprint density at radius 2 is 1.93 bits per heavy atom. The van der Waals surface area contributed by atoms with Crippen LogP contribution in [0.2, 0.25) is 0 Å². The molecule has 3 heteroatoms. The van der Waals surface area contributed by atoms with Crippen LogP contribution in [0.3, 0.4) is 0 Å². The van der Waals surface area contributed by atoms with Crippen molar-refractivity contribution >= 4 is 5.69 Å². The van der Waals surface area contributed by atoms with E-state index in [4.69, 9.17) is 0 Å². The third-order valence-electron chi connectivity index (χ3n) is 2.75. The first-order valence-electron chi connectivity index (χ1n) is 5.03. The van der Waals surface area contributed by atoms with Gasteiger partial charge in [0.15, 0.2) is 0 Å². The van der Waals surface area contributed by atoms with Gasteiger partial charge in [-0.3, -0.25) is 0 Å². The van der Waals surface area contributed by atoms with Crippen molar-refractivity contribution in [2.75, 3.05) is 5.32 Å². The van der Waals surface area contributed by atoms with Crippen LogP contribution in [0.5, 0.6) is 0 Å². The maximum Gasteiger partial charge on any atom is 0.115 e. The largest absolute Gasteiger partial charge is 0.378 e. The molecule has 3 nitrogen and oxygen atoms in total. The molecule has 1 aliphatic rings. The summed E-state index contributed by atoms with van der Waals surface area (Å²) in [6.07, 6.45) is 6.32. The van der Waals surface area contributed by atoms with Gasteiger partial charge in [0.05, 0.1) is 6.04 Å². The maximum atomic E-state index is 4.04. The van der Waals surface area contributed by atoms with E-state index in [2.05, 4.69) is 39.6 Å². The van der Waals surface area contributed by atoms with Gasteiger partial charge in [0.25, 0.3) is 0 Å². The lowest BCUT2D eigenvalue weighted by atomic mass is 10.1. The molecule has 1 N–H and O–H groups in total. The fraction of sp³-hybridized carbons (Fsp3) is 0.167. The van der Waals surface area contributed by atoms with Gasteiger partial charge < -0.3 is 5.32 Å². The molecule has 0 fully saturated rings. The first-order valence-corrected chi connectivity index (χ1v) is 5.03. The van der Waals surface area contributed by atoms with Crippen molar-refractivity contribution in [1.82, 2.24) is 9.97 Å². The number of hydrogen-bond donors (Lipinski definition) is 1. The molecule has 2 aromatic rings. The first kappa shape index (κ1) is 8.41. The van der Waals surface area contributed by atoms with E-state index in [1.54, 1.807) is 6.33 Å². The number of benzene rings is 1. The average molecular weight is 197 g/mol. The minimum absolute atomic E-state index is 0.323. The zero-order valence-corrected chi connectivity index (χ0v) is 8.22. The highest BCUT2D eigenvalue weighted by atomic mass is 15.0. The lowest BCUT2D eigenvalue weighted by Gasteiger charge is -2.09. The Morgan fingerprint density at radius 1 is 1.13 bits per heavy atom. The fourth-order valence-electron chi connectivity index (χ4n) is 1.99. The molecule has 0 aliphatic carbocycles. The molecule has 0 spiro atoms. The summed E-state index contributed by atoms with van der Waals surface area (Å²) in [5.41, 5.74) is 3.74. The van der Waals surface area contributed by atoms with E-state index in [9.17, 15) is 0 Å². The monoisotopic (exact) mass is 197 g/mol. The highest BCUT2D eigenvalue weighted by Gasteiger charge is 2.21. The van der Waals surface area contributed by atoms with E-state index in [0.29, 0.717) is 6.04 Å². The third kappa shape index (κ3) is 1.46. The SMILES string of the molecule is c1ccc2c(c1)CC(c1cncnc1)N2. The molecule has 1 aromatic heterocycles. The van der Waals surface area contributed by atoms with Crippen molar-refractivity contribution in [3.63, 3.8) is 0 Å². The highest BCUT2D eigenvalue weighted by Crippen LogP contribution is 2.32. The molecule has 2 heterocycles. The molecular weight excluding hydrogens is 186 g/mol. The predicted octanol–water partition coefficient (Wildman–Crippen LogP) is 2.19. The molecule has 1 unspecified atom stereocenters. The van der Waals surface area contributed by atoms with Crippen LogP contribution in [0.25, 0.3) is 0 Å². The van der Waals surface area contributed by atoms with Gasteiger partial charge in [-0.2, -0.15) is 0 Å². The number of fused-ring (bicyclic) bond motifs is 1. The lowest BCUT2D eigenvalue weighted by Crippen LogP contribution is -2.06. The second kappa shape index (κ2) is 3.35. The molecule has 0 saturated carbocycles. The van der Waals surface area contributed by atoms with Crippen molar-refractivity contribution < 1.29 is 0 Å². The average Bonchev–Trinajstić information content (AvgIpc) is 2.74. The quantitative estimate of drug-likeness (QED) is 0.761. The molecule has 74 valence electrons. The molecule has 1 atom stereocenters. The van der Waals surface area contributed by atoms with Crippen LogP contribution in [-0.2, 0) is 6.42 Å². The standard InChI is InChI=1S/C12H11N3/c1-2-4-11-9(3-1)5-12(15-11)10-6-13-8-14-7-10/h1-4,6-8,12,15H,5H2. The van der Waals surface area contributed by atoms with E-state index >= 15 is 0 Å². The first-order chi connectivity index (χ1) is 7.43. The Kier molecular flexibility index (Phi) is 1.88. The Balaban J connectivity index is 1.91. The minimum atomic E-state index is 0.323. The number of rotatable bonds is 1. The summed E-state index contributed by atoms with van der Waals surface area (Å²) >= 11 is 0. The molecule has 0 amide bonds. The molecular formula is C12H11N3. The van der Waals surface area contributed by atoms with Crippen molar-refractivity contribution in [1.29, 1.82) is 0 Å². The van der Waals surface area contributed by atoms with Gasteiger partial charge in [0, 0.05) is 23.6 Å². The van der Waals surface area contributed by atoms with Crippen molar-refractivity contribution in [3.8, 4) is 0 Å². The fourth-order valence-corrected chi connectivity index (χ4v) is 1.99. The van der Waals surface area contributed by atoms with Crippen LogP contribution in [-0.4, -0.2) is 9.97 Å². The molecule has 0 radical (unpaired) electrons. The second-order valence-electron chi connectivity index (χ2n) is 3.73. The minimum Gasteiger partial charge on any atom is -0.378 e. The smallest absolute Gasteiger partial charge is 0.115 e. The summed E-state index contributed by atoms with van der Waals surface area (Å²) in [5, 5.41) is 3.47. The van der Waals surface area contributed by atoms with Gasteiger partial charge in [-0.1, -0.05) is 18.2 Å². The molecule has 15 heavy (non-hydrogen) atoms. The molecule has 0 bridgehead atoms. The number of nitrogens with zero attached hydrogens (tertiary/aromatic N) is 2. The number of aromatic nitrogens is 2. The molecule has 0 saturated heterocycles. The summed E-state index contributed by atoms with van der Waals surface area (Å²) in [4.78, 5) is 8.08. The maximum absolute atomic E-state index is 4.04. The molecule has 1 aliphatic heterocycles. The van der Waals surface area contributed by atoms with Crippen LogP contribution in [0.1, 0.15) is 17.2 Å². The zero-order chi connectivity index (χ0) is 10.1. The summed E-state index contributed by atoms with van der Waals surface area (Å²) in [7, 11) is 0. The van der Waals surface area contributed by atoms with E-state index in [0.717, 1.165) is 12.0 Å². The van der Waals surface area contributed by atoms with Crippen LogP contribution < -0.4 is 5.32 Å². The van der Waals surface area contributed by atoms with E-state index in [1.807, 2.05) is 12.4 Å². The van der Waals surface area contributed by atoms with Crippen molar-refractivity contribution in [2.24, 2.45) is 0 Å². The van der Waals surface area contributed by atoms with Crippen LogP contribution in [0.4, 0.5) is 5.69 Å². The number of nitrogens with one attached hydrogen (secondary N) is 1. The van der Waals surface area contributed by atoms with E-state index in [1.165, 1.54) is 11.3 Å². The van der Waals surface area contributed by atoms with E-state index < -0.39 is 0 Å². The van der Waals surface area contributed by atoms with Gasteiger partial charge >= 0.3 is 0 Å². The van der Waals surface area contributed by atoms with Crippen molar-refractivity contribution in [3.05, 3.63) is 54.1 Å². The van der Waals surface area contributed by atoms with Crippen LogP contribution >= 0.6 is 0 Å². The van der Waals surface area contributed by atoms with Crippen molar-refractivity contribution in [2.45, 2.75) is 12.5 Å². The molecule has 1 aromatic carbocycles. The Morgan fingerprint density at radius 3 is 2.73 bits per heavy atom. The number of anilines is 1. The van der Waals surface area contributed by atoms with E-state index in [-0.39, 0.29) is 0 Å². The Hall–Kier alpha value is -1.90. The third-order valence-corrected chi connectivity index (χ3v) is 2.75. The van der Waals surface area contributed by atoms with Gasteiger partial charge in [0.2, 0.25) is 0 Å².